The van der Waals surface area contributed by atoms with Gasteiger partial charge in [0.25, 0.3) is 5.91 Å². The van der Waals surface area contributed by atoms with Crippen LogP contribution < -0.4 is 21.7 Å². The Morgan fingerprint density at radius 2 is 1.98 bits per heavy atom. The highest BCUT2D eigenvalue weighted by atomic mass is 16.3. The molecule has 4 aliphatic rings. The molecule has 0 aliphatic heterocycles. The van der Waals surface area contributed by atoms with Gasteiger partial charge < -0.3 is 26.8 Å². The Morgan fingerprint density at radius 3 is 2.65 bits per heavy atom. The first-order valence-corrected chi connectivity index (χ1v) is 13.6. The molecule has 3 aromatic heterocycles. The van der Waals surface area contributed by atoms with Crippen molar-refractivity contribution in [3.05, 3.63) is 41.9 Å². The zero-order valence-electron chi connectivity index (χ0n) is 22.6. The largest absolute Gasteiger partial charge is 0.390 e. The minimum Gasteiger partial charge on any atom is -0.390 e. The van der Waals surface area contributed by atoms with Gasteiger partial charge in [0.15, 0.2) is 11.3 Å². The Kier molecular flexibility index (Phi) is 5.96. The van der Waals surface area contributed by atoms with Crippen LogP contribution in [0, 0.1) is 23.2 Å². The standard InChI is InChI=1S/C28H33N9O3/c1-26(2,12-21(30)38)35-25(39)19-4-3-5-22(32-19)33-20-7-23(36-37-18(13-29)14-31-24(20)37)34-27-8-16-6-17(9-27)11-28(40,10-16)15-27/h3-5,7,14,16-17,40H,6,8-12,15H2,1-2H3,(H2,30,38)(H,32,33)(H,34,36)(H,35,39). The van der Waals surface area contributed by atoms with E-state index in [-0.39, 0.29) is 23.3 Å². The van der Waals surface area contributed by atoms with Crippen LogP contribution in [0.15, 0.2) is 30.5 Å². The van der Waals surface area contributed by atoms with Crippen molar-refractivity contribution in [3.63, 3.8) is 0 Å². The number of nitrogens with one attached hydrogen (secondary N) is 3. The minimum absolute atomic E-state index is 0.0110. The second-order valence-corrected chi connectivity index (χ2v) is 12.5. The van der Waals surface area contributed by atoms with Crippen LogP contribution in [0.1, 0.15) is 75.0 Å². The average Bonchev–Trinajstić information content (AvgIpc) is 3.24. The predicted octanol–water partition coefficient (Wildman–Crippen LogP) is 2.62. The number of carbonyl (C=O) groups excluding carboxylic acids is 2. The number of hydrogen-bond acceptors (Lipinski definition) is 9. The van der Waals surface area contributed by atoms with Crippen LogP contribution in [0.25, 0.3) is 5.65 Å². The van der Waals surface area contributed by atoms with E-state index in [9.17, 15) is 20.0 Å². The first-order chi connectivity index (χ1) is 18.9. The maximum atomic E-state index is 12.9. The summed E-state index contributed by atoms with van der Waals surface area (Å²) in [7, 11) is 0. The molecule has 12 heteroatoms. The molecule has 2 amide bonds. The zero-order valence-corrected chi connectivity index (χ0v) is 22.6. The van der Waals surface area contributed by atoms with Gasteiger partial charge in [0.05, 0.1) is 17.5 Å². The maximum absolute atomic E-state index is 12.9. The van der Waals surface area contributed by atoms with Crippen molar-refractivity contribution in [3.8, 4) is 6.07 Å². The predicted molar refractivity (Wildman–Crippen MR) is 147 cm³/mol. The fourth-order valence-electron chi connectivity index (χ4n) is 7.45. The van der Waals surface area contributed by atoms with E-state index < -0.39 is 23.0 Å². The Morgan fingerprint density at radius 1 is 1.23 bits per heavy atom. The minimum atomic E-state index is -0.834. The normalized spacial score (nSPS) is 26.9. The number of rotatable bonds is 8. The average molecular weight is 544 g/mol. The number of nitrogens with zero attached hydrogens (tertiary/aromatic N) is 5. The lowest BCUT2D eigenvalue weighted by molar-refractivity contribution is -0.127. The van der Waals surface area contributed by atoms with Crippen molar-refractivity contribution in [1.29, 1.82) is 5.26 Å². The zero-order chi connectivity index (χ0) is 28.3. The third-order valence-corrected chi connectivity index (χ3v) is 8.32. The number of carbonyl (C=O) groups is 2. The van der Waals surface area contributed by atoms with Crippen LogP contribution in [0.3, 0.4) is 0 Å². The van der Waals surface area contributed by atoms with Crippen LogP contribution in [-0.2, 0) is 4.79 Å². The maximum Gasteiger partial charge on any atom is 0.270 e. The molecule has 7 rings (SSSR count). The topological polar surface area (TPSA) is 183 Å². The molecule has 40 heavy (non-hydrogen) atoms. The summed E-state index contributed by atoms with van der Waals surface area (Å²) in [5.74, 6) is 0.994. The number of imidazole rings is 1. The lowest BCUT2D eigenvalue weighted by atomic mass is 9.51. The number of pyridine rings is 1. The van der Waals surface area contributed by atoms with E-state index in [0.717, 1.165) is 25.7 Å². The molecule has 3 aromatic rings. The van der Waals surface area contributed by atoms with Crippen molar-refractivity contribution in [1.82, 2.24) is 24.9 Å². The lowest BCUT2D eigenvalue weighted by Gasteiger charge is -2.60. The number of amides is 2. The van der Waals surface area contributed by atoms with Crippen LogP contribution >= 0.6 is 0 Å². The van der Waals surface area contributed by atoms with Crippen molar-refractivity contribution in [2.24, 2.45) is 17.6 Å². The van der Waals surface area contributed by atoms with Gasteiger partial charge in [-0.25, -0.2) is 9.97 Å². The molecular formula is C28H33N9O3. The summed E-state index contributed by atoms with van der Waals surface area (Å²) in [6.07, 6.45) is 6.98. The number of nitrogens with two attached hydrogens (primary N) is 1. The Hall–Kier alpha value is -4.24. The van der Waals surface area contributed by atoms with E-state index in [1.54, 1.807) is 32.0 Å². The van der Waals surface area contributed by atoms with Gasteiger partial charge in [-0.15, -0.1) is 5.10 Å². The SMILES string of the molecule is CC(C)(CC(N)=O)NC(=O)c1cccc(Nc2cc(NC34CC5CC(CC(O)(C5)C3)C4)nn3c(C#N)cnc23)n1. The van der Waals surface area contributed by atoms with Gasteiger partial charge >= 0.3 is 0 Å². The van der Waals surface area contributed by atoms with E-state index in [1.807, 2.05) is 6.07 Å². The molecule has 208 valence electrons. The summed E-state index contributed by atoms with van der Waals surface area (Å²) in [4.78, 5) is 33.1. The summed E-state index contributed by atoms with van der Waals surface area (Å²) in [6, 6.07) is 8.96. The highest BCUT2D eigenvalue weighted by Crippen LogP contribution is 2.58. The molecule has 4 bridgehead atoms. The van der Waals surface area contributed by atoms with E-state index in [2.05, 4.69) is 32.0 Å². The van der Waals surface area contributed by atoms with Gasteiger partial charge in [-0.05, 0) is 76.3 Å². The van der Waals surface area contributed by atoms with E-state index in [4.69, 9.17) is 10.8 Å². The first-order valence-electron chi connectivity index (χ1n) is 13.6. The molecule has 4 saturated carbocycles. The molecule has 0 spiro atoms. The molecule has 6 N–H and O–H groups in total. The number of nitriles is 1. The van der Waals surface area contributed by atoms with Gasteiger partial charge in [-0.2, -0.15) is 9.78 Å². The molecule has 3 heterocycles. The molecule has 0 radical (unpaired) electrons. The summed E-state index contributed by atoms with van der Waals surface area (Å²) < 4.78 is 1.49. The fraction of sp³-hybridized carbons (Fsp3) is 0.500. The summed E-state index contributed by atoms with van der Waals surface area (Å²) in [5.41, 5.74) is 5.02. The summed E-state index contributed by atoms with van der Waals surface area (Å²) >= 11 is 0. The smallest absolute Gasteiger partial charge is 0.270 e. The van der Waals surface area contributed by atoms with Crippen molar-refractivity contribution in [2.75, 3.05) is 10.6 Å². The van der Waals surface area contributed by atoms with E-state index in [1.165, 1.54) is 17.1 Å². The number of aromatic nitrogens is 4. The number of primary amides is 1. The molecule has 0 saturated heterocycles. The third kappa shape index (κ3) is 4.93. The first kappa shape index (κ1) is 26.0. The molecule has 2 atom stereocenters. The number of fused-ring (bicyclic) bond motifs is 1. The van der Waals surface area contributed by atoms with Crippen LogP contribution in [0.4, 0.5) is 17.3 Å². The van der Waals surface area contributed by atoms with Crippen LogP contribution in [0.2, 0.25) is 0 Å². The van der Waals surface area contributed by atoms with Crippen LogP contribution in [-0.4, -0.2) is 53.2 Å². The Balaban J connectivity index is 1.29. The molecule has 12 nitrogen and oxygen atoms in total. The molecule has 4 fully saturated rings. The van der Waals surface area contributed by atoms with Gasteiger partial charge in [-0.3, -0.25) is 9.59 Å². The summed E-state index contributed by atoms with van der Waals surface area (Å²) in [6.45, 7) is 3.43. The van der Waals surface area contributed by atoms with Crippen molar-refractivity contribution < 1.29 is 14.7 Å². The monoisotopic (exact) mass is 543 g/mol. The highest BCUT2D eigenvalue weighted by molar-refractivity contribution is 5.93. The van der Waals surface area contributed by atoms with E-state index >= 15 is 0 Å². The summed E-state index contributed by atoms with van der Waals surface area (Å²) in [5, 5.41) is 35.3. The number of hydrogen-bond donors (Lipinski definition) is 5. The second-order valence-electron chi connectivity index (χ2n) is 12.5. The molecule has 2 unspecified atom stereocenters. The highest BCUT2D eigenvalue weighted by Gasteiger charge is 2.57. The molecule has 4 aliphatic carbocycles. The van der Waals surface area contributed by atoms with Crippen molar-refractivity contribution in [2.45, 2.75) is 75.5 Å². The lowest BCUT2D eigenvalue weighted by Crippen LogP contribution is -2.62. The third-order valence-electron chi connectivity index (χ3n) is 8.32. The van der Waals surface area contributed by atoms with E-state index in [0.29, 0.717) is 41.2 Å². The second kappa shape index (κ2) is 9.16. The van der Waals surface area contributed by atoms with Gasteiger partial charge in [-0.1, -0.05) is 6.07 Å². The Labute approximate surface area is 231 Å². The Bertz CT molecular complexity index is 1540. The number of aliphatic hydroxyl groups is 1. The van der Waals surface area contributed by atoms with Gasteiger partial charge in [0.1, 0.15) is 23.4 Å². The molecular weight excluding hydrogens is 510 g/mol. The molecule has 0 aromatic carbocycles. The fourth-order valence-corrected chi connectivity index (χ4v) is 7.45. The number of anilines is 3. The van der Waals surface area contributed by atoms with Crippen LogP contribution in [0.5, 0.6) is 0 Å². The van der Waals surface area contributed by atoms with Gasteiger partial charge in [0, 0.05) is 23.6 Å². The quantitative estimate of drug-likeness (QED) is 0.285. The van der Waals surface area contributed by atoms with Crippen molar-refractivity contribution >= 4 is 34.8 Å². The van der Waals surface area contributed by atoms with Gasteiger partial charge in [0.2, 0.25) is 5.91 Å².